The van der Waals surface area contributed by atoms with Gasteiger partial charge in [0.2, 0.25) is 0 Å². The summed E-state index contributed by atoms with van der Waals surface area (Å²) in [5.74, 6) is 0.649. The van der Waals surface area contributed by atoms with Gasteiger partial charge in [0.1, 0.15) is 0 Å². The Labute approximate surface area is 115 Å². The summed E-state index contributed by atoms with van der Waals surface area (Å²) in [4.78, 5) is 13.1. The van der Waals surface area contributed by atoms with Crippen molar-refractivity contribution in [3.63, 3.8) is 0 Å². The SMILES string of the molecule is Cc1cnc(-c2nc(-c3ccccc3N)cs2)nc1. The molecule has 2 heterocycles. The van der Waals surface area contributed by atoms with Crippen LogP contribution in [0.1, 0.15) is 5.56 Å². The molecule has 0 fully saturated rings. The Balaban J connectivity index is 2.00. The maximum atomic E-state index is 5.95. The fraction of sp³-hybridized carbons (Fsp3) is 0.0714. The van der Waals surface area contributed by atoms with Gasteiger partial charge in [-0.05, 0) is 18.6 Å². The Morgan fingerprint density at radius 1 is 1.11 bits per heavy atom. The summed E-state index contributed by atoms with van der Waals surface area (Å²) in [6.45, 7) is 1.96. The number of thiazole rings is 1. The van der Waals surface area contributed by atoms with E-state index < -0.39 is 0 Å². The van der Waals surface area contributed by atoms with E-state index in [9.17, 15) is 0 Å². The van der Waals surface area contributed by atoms with E-state index in [1.54, 1.807) is 12.4 Å². The lowest BCUT2D eigenvalue weighted by molar-refractivity contribution is 1.13. The van der Waals surface area contributed by atoms with Crippen molar-refractivity contribution in [1.29, 1.82) is 0 Å². The van der Waals surface area contributed by atoms with Crippen molar-refractivity contribution >= 4 is 17.0 Å². The van der Waals surface area contributed by atoms with Crippen molar-refractivity contribution in [2.45, 2.75) is 6.92 Å². The van der Waals surface area contributed by atoms with E-state index >= 15 is 0 Å². The molecule has 0 saturated heterocycles. The van der Waals surface area contributed by atoms with Gasteiger partial charge in [0, 0.05) is 29.0 Å². The van der Waals surface area contributed by atoms with Crippen LogP contribution in [0.5, 0.6) is 0 Å². The molecule has 94 valence electrons. The summed E-state index contributed by atoms with van der Waals surface area (Å²) in [5.41, 5.74) is 9.52. The monoisotopic (exact) mass is 268 g/mol. The van der Waals surface area contributed by atoms with Crippen LogP contribution in [0.2, 0.25) is 0 Å². The van der Waals surface area contributed by atoms with Gasteiger partial charge in [0.25, 0.3) is 0 Å². The minimum atomic E-state index is 0.649. The van der Waals surface area contributed by atoms with Crippen molar-refractivity contribution in [1.82, 2.24) is 15.0 Å². The van der Waals surface area contributed by atoms with Crippen molar-refractivity contribution in [3.05, 3.63) is 47.6 Å². The lowest BCUT2D eigenvalue weighted by Crippen LogP contribution is -1.91. The van der Waals surface area contributed by atoms with Crippen LogP contribution < -0.4 is 5.73 Å². The van der Waals surface area contributed by atoms with Gasteiger partial charge in [0.05, 0.1) is 5.69 Å². The van der Waals surface area contributed by atoms with Crippen molar-refractivity contribution in [2.75, 3.05) is 5.73 Å². The van der Waals surface area contributed by atoms with E-state index in [1.807, 2.05) is 36.6 Å². The second-order valence-corrected chi connectivity index (χ2v) is 5.07. The van der Waals surface area contributed by atoms with Gasteiger partial charge in [-0.15, -0.1) is 11.3 Å². The number of rotatable bonds is 2. The number of aromatic nitrogens is 3. The van der Waals surface area contributed by atoms with Crippen LogP contribution in [0.15, 0.2) is 42.0 Å². The maximum absolute atomic E-state index is 5.95. The first-order valence-corrected chi connectivity index (χ1v) is 6.71. The van der Waals surface area contributed by atoms with Crippen LogP contribution in [-0.2, 0) is 0 Å². The lowest BCUT2D eigenvalue weighted by atomic mass is 10.1. The van der Waals surface area contributed by atoms with E-state index in [0.717, 1.165) is 27.5 Å². The Morgan fingerprint density at radius 3 is 2.58 bits per heavy atom. The highest BCUT2D eigenvalue weighted by atomic mass is 32.1. The Kier molecular flexibility index (Phi) is 2.97. The van der Waals surface area contributed by atoms with E-state index in [-0.39, 0.29) is 0 Å². The van der Waals surface area contributed by atoms with Gasteiger partial charge in [-0.1, -0.05) is 18.2 Å². The largest absolute Gasteiger partial charge is 0.398 e. The Morgan fingerprint density at radius 2 is 1.84 bits per heavy atom. The molecule has 0 atom stereocenters. The molecule has 0 aliphatic rings. The van der Waals surface area contributed by atoms with Crippen molar-refractivity contribution < 1.29 is 0 Å². The first kappa shape index (κ1) is 11.8. The minimum Gasteiger partial charge on any atom is -0.398 e. The Hall–Kier alpha value is -2.27. The average Bonchev–Trinajstić information content (AvgIpc) is 2.89. The number of hydrogen-bond donors (Lipinski definition) is 1. The molecule has 0 unspecified atom stereocenters. The number of aryl methyl sites for hydroxylation is 1. The second-order valence-electron chi connectivity index (χ2n) is 4.21. The van der Waals surface area contributed by atoms with Gasteiger partial charge in [-0.2, -0.15) is 0 Å². The smallest absolute Gasteiger partial charge is 0.188 e. The summed E-state index contributed by atoms with van der Waals surface area (Å²) in [6, 6.07) is 7.70. The highest BCUT2D eigenvalue weighted by Gasteiger charge is 2.10. The molecule has 2 aromatic heterocycles. The molecular formula is C14H12N4S. The molecule has 1 aromatic carbocycles. The van der Waals surface area contributed by atoms with Gasteiger partial charge >= 0.3 is 0 Å². The average molecular weight is 268 g/mol. The number of nitrogens with two attached hydrogens (primary N) is 1. The molecule has 3 rings (SSSR count). The summed E-state index contributed by atoms with van der Waals surface area (Å²) < 4.78 is 0. The molecule has 0 aliphatic carbocycles. The molecule has 0 spiro atoms. The van der Waals surface area contributed by atoms with Gasteiger partial charge in [-0.3, -0.25) is 0 Å². The molecule has 0 amide bonds. The fourth-order valence-electron chi connectivity index (χ4n) is 1.73. The van der Waals surface area contributed by atoms with E-state index in [1.165, 1.54) is 11.3 Å². The first-order chi connectivity index (χ1) is 9.24. The van der Waals surface area contributed by atoms with E-state index in [0.29, 0.717) is 5.82 Å². The zero-order valence-electron chi connectivity index (χ0n) is 10.4. The standard InChI is InChI=1S/C14H12N4S/c1-9-6-16-13(17-7-9)14-18-12(8-19-14)10-4-2-3-5-11(10)15/h2-8H,15H2,1H3. The van der Waals surface area contributed by atoms with Gasteiger partial charge < -0.3 is 5.73 Å². The zero-order chi connectivity index (χ0) is 13.2. The highest BCUT2D eigenvalue weighted by Crippen LogP contribution is 2.29. The minimum absolute atomic E-state index is 0.649. The topological polar surface area (TPSA) is 64.7 Å². The van der Waals surface area contributed by atoms with E-state index in [4.69, 9.17) is 5.73 Å². The maximum Gasteiger partial charge on any atom is 0.188 e. The molecule has 0 bridgehead atoms. The molecule has 0 aliphatic heterocycles. The molecule has 3 aromatic rings. The number of benzene rings is 1. The number of nitrogens with zero attached hydrogens (tertiary/aromatic N) is 3. The fourth-order valence-corrected chi connectivity index (χ4v) is 2.50. The molecule has 4 nitrogen and oxygen atoms in total. The molecule has 19 heavy (non-hydrogen) atoms. The predicted molar refractivity (Wildman–Crippen MR) is 77.7 cm³/mol. The highest BCUT2D eigenvalue weighted by molar-refractivity contribution is 7.13. The van der Waals surface area contributed by atoms with Crippen LogP contribution in [0.4, 0.5) is 5.69 Å². The van der Waals surface area contributed by atoms with Gasteiger partial charge in [-0.25, -0.2) is 15.0 Å². The van der Waals surface area contributed by atoms with Crippen LogP contribution >= 0.6 is 11.3 Å². The molecular weight excluding hydrogens is 256 g/mol. The summed E-state index contributed by atoms with van der Waals surface area (Å²) in [7, 11) is 0. The number of hydrogen-bond acceptors (Lipinski definition) is 5. The third-order valence-electron chi connectivity index (χ3n) is 2.71. The van der Waals surface area contributed by atoms with Crippen molar-refractivity contribution in [2.24, 2.45) is 0 Å². The second kappa shape index (κ2) is 4.78. The predicted octanol–water partition coefficient (Wildman–Crippen LogP) is 3.16. The van der Waals surface area contributed by atoms with Crippen LogP contribution in [-0.4, -0.2) is 15.0 Å². The molecule has 0 saturated carbocycles. The summed E-state index contributed by atoms with van der Waals surface area (Å²) >= 11 is 1.52. The molecule has 2 N–H and O–H groups in total. The molecule has 5 heteroatoms. The molecule has 0 radical (unpaired) electrons. The number of anilines is 1. The van der Waals surface area contributed by atoms with Crippen LogP contribution in [0.3, 0.4) is 0 Å². The third-order valence-corrected chi connectivity index (χ3v) is 3.55. The van der Waals surface area contributed by atoms with Crippen LogP contribution in [0, 0.1) is 6.92 Å². The summed E-state index contributed by atoms with van der Waals surface area (Å²) in [5, 5.41) is 2.78. The normalized spacial score (nSPS) is 10.6. The van der Waals surface area contributed by atoms with Crippen molar-refractivity contribution in [3.8, 4) is 22.1 Å². The first-order valence-electron chi connectivity index (χ1n) is 5.83. The summed E-state index contributed by atoms with van der Waals surface area (Å²) in [6.07, 6.45) is 3.58. The lowest BCUT2D eigenvalue weighted by Gasteiger charge is -2.00. The van der Waals surface area contributed by atoms with E-state index in [2.05, 4.69) is 15.0 Å². The zero-order valence-corrected chi connectivity index (χ0v) is 11.2. The van der Waals surface area contributed by atoms with Crippen LogP contribution in [0.25, 0.3) is 22.1 Å². The number of nitrogen functional groups attached to an aromatic ring is 1. The third kappa shape index (κ3) is 2.32. The Bertz CT molecular complexity index is 703. The quantitative estimate of drug-likeness (QED) is 0.725. The number of para-hydroxylation sites is 1. The van der Waals surface area contributed by atoms with Gasteiger partial charge in [0.15, 0.2) is 10.8 Å².